The maximum atomic E-state index is 13.0. The van der Waals surface area contributed by atoms with E-state index in [1.807, 2.05) is 13.8 Å². The van der Waals surface area contributed by atoms with E-state index in [1.165, 1.54) is 23.5 Å². The Morgan fingerprint density at radius 1 is 1.03 bits per heavy atom. The van der Waals surface area contributed by atoms with Crippen LogP contribution in [0.2, 0.25) is 0 Å². The number of rotatable bonds is 10. The van der Waals surface area contributed by atoms with Gasteiger partial charge in [-0.2, -0.15) is 4.31 Å². The van der Waals surface area contributed by atoms with Gasteiger partial charge in [0.2, 0.25) is 10.0 Å². The van der Waals surface area contributed by atoms with E-state index in [-0.39, 0.29) is 23.9 Å². The molecular weight excluding hydrogens is 388 g/mol. The second-order valence-electron chi connectivity index (χ2n) is 6.44. The second-order valence-corrected chi connectivity index (χ2v) is 8.37. The largest absolute Gasteiger partial charge is 0.497 e. The van der Waals surface area contributed by atoms with E-state index < -0.39 is 10.0 Å². The Bertz CT molecular complexity index is 918. The van der Waals surface area contributed by atoms with Gasteiger partial charge in [0.15, 0.2) is 0 Å². The van der Waals surface area contributed by atoms with Crippen molar-refractivity contribution in [3.05, 3.63) is 72.3 Å². The van der Waals surface area contributed by atoms with Gasteiger partial charge in [0.1, 0.15) is 5.75 Å². The lowest BCUT2D eigenvalue weighted by atomic mass is 10.1. The number of sulfonamides is 1. The van der Waals surface area contributed by atoms with Crippen LogP contribution in [0.1, 0.15) is 29.8 Å². The molecule has 2 aromatic rings. The van der Waals surface area contributed by atoms with Gasteiger partial charge >= 0.3 is 0 Å². The van der Waals surface area contributed by atoms with Crippen LogP contribution in [0.5, 0.6) is 5.75 Å². The average molecular weight is 417 g/mol. The molecule has 1 amide bonds. The first kappa shape index (κ1) is 22.6. The van der Waals surface area contributed by atoms with Gasteiger partial charge in [0.05, 0.1) is 12.0 Å². The van der Waals surface area contributed by atoms with Gasteiger partial charge in [0.25, 0.3) is 5.91 Å². The monoisotopic (exact) mass is 416 g/mol. The van der Waals surface area contributed by atoms with Crippen LogP contribution in [-0.4, -0.2) is 50.3 Å². The van der Waals surface area contributed by atoms with Gasteiger partial charge in [-0.05, 0) is 55.8 Å². The van der Waals surface area contributed by atoms with Crippen molar-refractivity contribution in [1.29, 1.82) is 0 Å². The van der Waals surface area contributed by atoms with Gasteiger partial charge in [-0.15, -0.1) is 6.58 Å². The molecule has 29 heavy (non-hydrogen) atoms. The lowest BCUT2D eigenvalue weighted by Gasteiger charge is -2.22. The van der Waals surface area contributed by atoms with Gasteiger partial charge < -0.3 is 9.64 Å². The lowest BCUT2D eigenvalue weighted by Crippen LogP contribution is -2.31. The van der Waals surface area contributed by atoms with E-state index in [4.69, 9.17) is 4.74 Å². The van der Waals surface area contributed by atoms with Crippen LogP contribution in [0.3, 0.4) is 0 Å². The third-order valence-corrected chi connectivity index (χ3v) is 6.47. The summed E-state index contributed by atoms with van der Waals surface area (Å²) in [6.45, 7) is 9.19. The topological polar surface area (TPSA) is 66.9 Å². The number of methoxy groups -OCH3 is 1. The van der Waals surface area contributed by atoms with Crippen molar-refractivity contribution in [1.82, 2.24) is 9.21 Å². The summed E-state index contributed by atoms with van der Waals surface area (Å²) in [5, 5.41) is 0. The number of ether oxygens (including phenoxy) is 1. The summed E-state index contributed by atoms with van der Waals surface area (Å²) in [5.41, 5.74) is 1.38. The second kappa shape index (κ2) is 10.2. The fourth-order valence-electron chi connectivity index (χ4n) is 2.94. The number of carbonyl (C=O) groups excluding carboxylic acids is 1. The molecule has 0 heterocycles. The van der Waals surface area contributed by atoms with Crippen LogP contribution in [0.4, 0.5) is 0 Å². The summed E-state index contributed by atoms with van der Waals surface area (Å²) in [7, 11) is -2.17. The van der Waals surface area contributed by atoms with Crippen LogP contribution >= 0.6 is 0 Å². The maximum absolute atomic E-state index is 13.0. The standard InChI is InChI=1S/C22H28N2O4S/c1-5-16-24(29(26,27)21-14-12-20(28-4)13-15-21)17-18-8-10-19(11-9-18)22(25)23(6-2)7-3/h5,8-15H,1,6-7,16-17H2,2-4H3. The van der Waals surface area contributed by atoms with E-state index in [9.17, 15) is 13.2 Å². The minimum absolute atomic E-state index is 0.0321. The predicted octanol–water partition coefficient (Wildman–Crippen LogP) is 3.55. The number of benzene rings is 2. The first-order valence-electron chi connectivity index (χ1n) is 9.50. The number of nitrogens with zero attached hydrogens (tertiary/aromatic N) is 2. The number of carbonyl (C=O) groups is 1. The van der Waals surface area contributed by atoms with E-state index in [2.05, 4.69) is 6.58 Å². The highest BCUT2D eigenvalue weighted by Gasteiger charge is 2.24. The van der Waals surface area contributed by atoms with Crippen LogP contribution in [0.25, 0.3) is 0 Å². The van der Waals surface area contributed by atoms with E-state index in [0.717, 1.165) is 5.56 Å². The van der Waals surface area contributed by atoms with Crippen molar-refractivity contribution in [3.8, 4) is 5.75 Å². The molecule has 2 rings (SSSR count). The van der Waals surface area contributed by atoms with E-state index >= 15 is 0 Å². The van der Waals surface area contributed by atoms with Crippen molar-refractivity contribution in [2.75, 3.05) is 26.7 Å². The molecule has 0 aliphatic rings. The fraction of sp³-hybridized carbons (Fsp3) is 0.318. The Balaban J connectivity index is 2.23. The molecule has 0 fully saturated rings. The first-order chi connectivity index (χ1) is 13.9. The van der Waals surface area contributed by atoms with E-state index in [1.54, 1.807) is 47.4 Å². The van der Waals surface area contributed by atoms with Crippen LogP contribution < -0.4 is 4.74 Å². The molecule has 0 aliphatic carbocycles. The molecule has 6 nitrogen and oxygen atoms in total. The highest BCUT2D eigenvalue weighted by Crippen LogP contribution is 2.21. The number of hydrogen-bond donors (Lipinski definition) is 0. The molecule has 0 aromatic heterocycles. The van der Waals surface area contributed by atoms with Gasteiger partial charge in [-0.1, -0.05) is 18.2 Å². The van der Waals surface area contributed by atoms with Gasteiger partial charge in [-0.25, -0.2) is 8.42 Å². The smallest absolute Gasteiger partial charge is 0.253 e. The Hall–Kier alpha value is -2.64. The van der Waals surface area contributed by atoms with Crippen LogP contribution in [0.15, 0.2) is 66.1 Å². The number of hydrogen-bond acceptors (Lipinski definition) is 4. The van der Waals surface area contributed by atoms with Crippen molar-refractivity contribution in [2.45, 2.75) is 25.3 Å². The molecular formula is C22H28N2O4S. The Labute approximate surface area is 173 Å². The molecule has 156 valence electrons. The maximum Gasteiger partial charge on any atom is 0.253 e. The molecule has 0 spiro atoms. The molecule has 7 heteroatoms. The molecule has 0 unspecified atom stereocenters. The van der Waals surface area contributed by atoms with Crippen molar-refractivity contribution in [3.63, 3.8) is 0 Å². The highest BCUT2D eigenvalue weighted by atomic mass is 32.2. The zero-order valence-electron chi connectivity index (χ0n) is 17.2. The summed E-state index contributed by atoms with van der Waals surface area (Å²) in [4.78, 5) is 14.4. The SMILES string of the molecule is C=CCN(Cc1ccc(C(=O)N(CC)CC)cc1)S(=O)(=O)c1ccc(OC)cc1. The summed E-state index contributed by atoms with van der Waals surface area (Å²) in [6.07, 6.45) is 1.55. The summed E-state index contributed by atoms with van der Waals surface area (Å²) in [6, 6.07) is 13.3. The molecule has 0 atom stereocenters. The Morgan fingerprint density at radius 2 is 1.62 bits per heavy atom. The molecule has 0 radical (unpaired) electrons. The third kappa shape index (κ3) is 5.46. The fourth-order valence-corrected chi connectivity index (χ4v) is 4.34. The minimum atomic E-state index is -3.70. The van der Waals surface area contributed by atoms with E-state index in [0.29, 0.717) is 24.4 Å². The Kier molecular flexibility index (Phi) is 7.99. The van der Waals surface area contributed by atoms with Crippen molar-refractivity contribution in [2.24, 2.45) is 0 Å². The normalized spacial score (nSPS) is 11.3. The Morgan fingerprint density at radius 3 is 2.10 bits per heavy atom. The summed E-state index contributed by atoms with van der Waals surface area (Å²) in [5.74, 6) is 0.558. The zero-order valence-corrected chi connectivity index (χ0v) is 18.0. The first-order valence-corrected chi connectivity index (χ1v) is 10.9. The van der Waals surface area contributed by atoms with Crippen LogP contribution in [-0.2, 0) is 16.6 Å². The summed E-state index contributed by atoms with van der Waals surface area (Å²) < 4.78 is 32.5. The molecule has 2 aromatic carbocycles. The molecule has 0 saturated carbocycles. The highest BCUT2D eigenvalue weighted by molar-refractivity contribution is 7.89. The quantitative estimate of drug-likeness (QED) is 0.556. The number of amides is 1. The third-order valence-electron chi connectivity index (χ3n) is 4.64. The molecule has 0 saturated heterocycles. The minimum Gasteiger partial charge on any atom is -0.497 e. The molecule has 0 aliphatic heterocycles. The average Bonchev–Trinajstić information content (AvgIpc) is 2.74. The molecule has 0 N–H and O–H groups in total. The van der Waals surface area contributed by atoms with Gasteiger partial charge in [-0.3, -0.25) is 4.79 Å². The van der Waals surface area contributed by atoms with Crippen molar-refractivity contribution >= 4 is 15.9 Å². The predicted molar refractivity (Wildman–Crippen MR) is 114 cm³/mol. The van der Waals surface area contributed by atoms with Crippen molar-refractivity contribution < 1.29 is 17.9 Å². The zero-order chi connectivity index (χ0) is 21.4. The van der Waals surface area contributed by atoms with Crippen LogP contribution in [0, 0.1) is 0 Å². The van der Waals surface area contributed by atoms with Gasteiger partial charge in [0, 0.05) is 31.7 Å². The lowest BCUT2D eigenvalue weighted by molar-refractivity contribution is 0.0773. The molecule has 0 bridgehead atoms. The summed E-state index contributed by atoms with van der Waals surface area (Å²) >= 11 is 0.